The van der Waals surface area contributed by atoms with Crippen LogP contribution in [0, 0.1) is 0 Å². The Hall–Kier alpha value is -3.81. The Morgan fingerprint density at radius 2 is 1.93 bits per heavy atom. The molecule has 0 fully saturated rings. The van der Waals surface area contributed by atoms with Gasteiger partial charge in [0, 0.05) is 24.6 Å². The highest BCUT2D eigenvalue weighted by Crippen LogP contribution is 2.29. The number of ether oxygens (including phenoxy) is 2. The van der Waals surface area contributed by atoms with E-state index in [1.807, 2.05) is 36.4 Å². The van der Waals surface area contributed by atoms with Crippen LogP contribution in [0.1, 0.15) is 18.6 Å². The van der Waals surface area contributed by atoms with E-state index in [4.69, 9.17) is 18.4 Å². The number of fused-ring (bicyclic) bond motifs is 1. The van der Waals surface area contributed by atoms with Gasteiger partial charge in [0.15, 0.2) is 18.0 Å². The summed E-state index contributed by atoms with van der Waals surface area (Å²) in [5.74, 6) is 0.291. The first-order valence-electron chi connectivity index (χ1n) is 9.48. The van der Waals surface area contributed by atoms with Crippen molar-refractivity contribution < 1.29 is 23.2 Å². The maximum atomic E-state index is 12.1. The average molecular weight is 408 g/mol. The number of oxazole rings is 1. The van der Waals surface area contributed by atoms with Crippen LogP contribution in [-0.4, -0.2) is 22.8 Å². The Bertz CT molecular complexity index is 1220. The number of rotatable bonds is 8. The summed E-state index contributed by atoms with van der Waals surface area (Å²) in [5, 5.41) is 4.01. The second-order valence-corrected chi connectivity index (χ2v) is 6.63. The van der Waals surface area contributed by atoms with Gasteiger partial charge in [-0.2, -0.15) is 0 Å². The Morgan fingerprint density at radius 1 is 1.13 bits per heavy atom. The van der Waals surface area contributed by atoms with Crippen molar-refractivity contribution in [2.24, 2.45) is 0 Å². The lowest BCUT2D eigenvalue weighted by Crippen LogP contribution is -2.15. The second-order valence-electron chi connectivity index (χ2n) is 6.63. The normalized spacial score (nSPS) is 11.0. The molecule has 4 aromatic rings. The van der Waals surface area contributed by atoms with Gasteiger partial charge in [-0.3, -0.25) is 9.36 Å². The number of hydrogen-bond acceptors (Lipinski definition) is 7. The molecule has 0 saturated carbocycles. The van der Waals surface area contributed by atoms with Crippen LogP contribution in [0.4, 0.5) is 0 Å². The van der Waals surface area contributed by atoms with Crippen molar-refractivity contribution in [2.75, 3.05) is 7.11 Å². The Kier molecular flexibility index (Phi) is 5.65. The Balaban J connectivity index is 1.30. The van der Waals surface area contributed by atoms with Gasteiger partial charge in [-0.05, 0) is 30.7 Å². The molecule has 0 spiro atoms. The van der Waals surface area contributed by atoms with Crippen molar-refractivity contribution in [3.63, 3.8) is 0 Å². The lowest BCUT2D eigenvalue weighted by molar-refractivity contribution is -0.145. The summed E-state index contributed by atoms with van der Waals surface area (Å²) in [6, 6.07) is 16.3. The molecule has 2 aromatic heterocycles. The van der Waals surface area contributed by atoms with Crippen LogP contribution in [0.3, 0.4) is 0 Å². The van der Waals surface area contributed by atoms with Crippen molar-refractivity contribution >= 4 is 17.1 Å². The van der Waals surface area contributed by atoms with Crippen LogP contribution in [0.15, 0.2) is 68.3 Å². The van der Waals surface area contributed by atoms with E-state index in [-0.39, 0.29) is 19.0 Å². The summed E-state index contributed by atoms with van der Waals surface area (Å²) in [4.78, 5) is 24.0. The number of hydrogen-bond donors (Lipinski definition) is 0. The molecule has 30 heavy (non-hydrogen) atoms. The summed E-state index contributed by atoms with van der Waals surface area (Å²) in [7, 11) is 1.59. The fourth-order valence-corrected chi connectivity index (χ4v) is 3.20. The first kappa shape index (κ1) is 19.5. The molecule has 0 atom stereocenters. The standard InChI is InChI=1S/C22H20N2O6/c1-27-19-9-4-2-7-16(19)17-13-15(30-23-17)14-28-21(25)11-6-12-24-18-8-3-5-10-20(18)29-22(24)26/h2-5,7-10,13H,6,11-12,14H2,1H3. The molecule has 0 radical (unpaired) electrons. The van der Waals surface area contributed by atoms with Gasteiger partial charge < -0.3 is 18.4 Å². The van der Waals surface area contributed by atoms with Crippen molar-refractivity contribution in [1.82, 2.24) is 9.72 Å². The minimum absolute atomic E-state index is 0.0183. The third-order valence-electron chi connectivity index (χ3n) is 4.65. The summed E-state index contributed by atoms with van der Waals surface area (Å²) < 4.78 is 22.5. The van der Waals surface area contributed by atoms with E-state index in [1.54, 1.807) is 25.3 Å². The first-order chi connectivity index (χ1) is 14.7. The largest absolute Gasteiger partial charge is 0.496 e. The molecule has 0 saturated heterocycles. The molecule has 8 heteroatoms. The topological polar surface area (TPSA) is 96.7 Å². The Labute approximate surface area is 171 Å². The van der Waals surface area contributed by atoms with Crippen LogP contribution in [0.25, 0.3) is 22.4 Å². The molecule has 4 rings (SSSR count). The average Bonchev–Trinajstić information content (AvgIpc) is 3.36. The Morgan fingerprint density at radius 3 is 2.80 bits per heavy atom. The molecular weight excluding hydrogens is 388 g/mol. The smallest absolute Gasteiger partial charge is 0.419 e. The van der Waals surface area contributed by atoms with Crippen LogP contribution >= 0.6 is 0 Å². The zero-order valence-corrected chi connectivity index (χ0v) is 16.4. The highest BCUT2D eigenvalue weighted by atomic mass is 16.5. The third kappa shape index (κ3) is 4.12. The maximum absolute atomic E-state index is 12.1. The van der Waals surface area contributed by atoms with Crippen LogP contribution < -0.4 is 10.5 Å². The molecule has 0 aliphatic carbocycles. The molecule has 0 aliphatic heterocycles. The third-order valence-corrected chi connectivity index (χ3v) is 4.65. The van der Waals surface area contributed by atoms with E-state index >= 15 is 0 Å². The molecule has 0 unspecified atom stereocenters. The lowest BCUT2D eigenvalue weighted by Gasteiger charge is -2.04. The van der Waals surface area contributed by atoms with Crippen molar-refractivity contribution in [3.8, 4) is 17.0 Å². The predicted molar refractivity (Wildman–Crippen MR) is 108 cm³/mol. The van der Waals surface area contributed by atoms with Crippen LogP contribution in [0.5, 0.6) is 5.75 Å². The van der Waals surface area contributed by atoms with E-state index < -0.39 is 5.76 Å². The van der Waals surface area contributed by atoms with E-state index in [2.05, 4.69) is 5.16 Å². The zero-order chi connectivity index (χ0) is 20.9. The lowest BCUT2D eigenvalue weighted by atomic mass is 10.1. The molecule has 2 aromatic carbocycles. The van der Waals surface area contributed by atoms with Gasteiger partial charge in [0.05, 0.1) is 12.6 Å². The van der Waals surface area contributed by atoms with E-state index in [9.17, 15) is 9.59 Å². The van der Waals surface area contributed by atoms with Gasteiger partial charge in [0.25, 0.3) is 0 Å². The van der Waals surface area contributed by atoms with E-state index in [0.717, 1.165) is 5.56 Å². The first-order valence-corrected chi connectivity index (χ1v) is 9.48. The summed E-state index contributed by atoms with van der Waals surface area (Å²) >= 11 is 0. The minimum atomic E-state index is -0.435. The molecule has 0 amide bonds. The predicted octanol–water partition coefficient (Wildman–Crippen LogP) is 3.78. The molecule has 0 N–H and O–H groups in total. The second kappa shape index (κ2) is 8.69. The minimum Gasteiger partial charge on any atom is -0.496 e. The molecule has 154 valence electrons. The zero-order valence-electron chi connectivity index (χ0n) is 16.4. The van der Waals surface area contributed by atoms with Gasteiger partial charge in [-0.15, -0.1) is 0 Å². The molecular formula is C22H20N2O6. The van der Waals surface area contributed by atoms with Crippen molar-refractivity contribution in [3.05, 3.63) is 70.9 Å². The number of benzene rings is 2. The van der Waals surface area contributed by atoms with Gasteiger partial charge >= 0.3 is 11.7 Å². The highest BCUT2D eigenvalue weighted by Gasteiger charge is 2.13. The van der Waals surface area contributed by atoms with Gasteiger partial charge in [0.1, 0.15) is 11.4 Å². The number of methoxy groups -OCH3 is 1. The quantitative estimate of drug-likeness (QED) is 0.409. The SMILES string of the molecule is COc1ccccc1-c1cc(COC(=O)CCCn2c(=O)oc3ccccc32)on1. The summed E-state index contributed by atoms with van der Waals surface area (Å²) in [5.41, 5.74) is 2.63. The molecule has 2 heterocycles. The highest BCUT2D eigenvalue weighted by molar-refractivity contribution is 5.72. The summed E-state index contributed by atoms with van der Waals surface area (Å²) in [6.07, 6.45) is 0.616. The number of carbonyl (C=O) groups is 1. The molecule has 8 nitrogen and oxygen atoms in total. The number of aryl methyl sites for hydroxylation is 1. The van der Waals surface area contributed by atoms with Crippen molar-refractivity contribution in [1.29, 1.82) is 0 Å². The van der Waals surface area contributed by atoms with Crippen molar-refractivity contribution in [2.45, 2.75) is 26.0 Å². The number of nitrogens with zero attached hydrogens (tertiary/aromatic N) is 2. The molecule has 0 bridgehead atoms. The number of carbonyl (C=O) groups excluding carboxylic acids is 1. The molecule has 0 aliphatic rings. The van der Waals surface area contributed by atoms with Gasteiger partial charge in [0.2, 0.25) is 0 Å². The van der Waals surface area contributed by atoms with Gasteiger partial charge in [-0.1, -0.05) is 29.4 Å². The summed E-state index contributed by atoms with van der Waals surface area (Å²) in [6.45, 7) is 0.348. The van der Waals surface area contributed by atoms with E-state index in [1.165, 1.54) is 4.57 Å². The van der Waals surface area contributed by atoms with Crippen LogP contribution in [-0.2, 0) is 22.7 Å². The number of para-hydroxylation sites is 3. The monoisotopic (exact) mass is 408 g/mol. The number of aromatic nitrogens is 2. The van der Waals surface area contributed by atoms with Gasteiger partial charge in [-0.25, -0.2) is 4.79 Å². The maximum Gasteiger partial charge on any atom is 0.419 e. The van der Waals surface area contributed by atoms with E-state index in [0.29, 0.717) is 41.3 Å². The fourth-order valence-electron chi connectivity index (χ4n) is 3.20. The van der Waals surface area contributed by atoms with Crippen LogP contribution in [0.2, 0.25) is 0 Å². The fraction of sp³-hybridized carbons (Fsp3) is 0.227. The number of esters is 1.